The Bertz CT molecular complexity index is 444. The number of fused-ring (bicyclic) bond motifs is 5. The predicted octanol–water partition coefficient (Wildman–Crippen LogP) is 1.73. The first-order valence-electron chi connectivity index (χ1n) is 7.88. The minimum Gasteiger partial charge on any atom is -0.481 e. The monoisotopic (exact) mass is 278 g/mol. The third-order valence-electron chi connectivity index (χ3n) is 6.21. The van der Waals surface area contributed by atoms with Crippen molar-refractivity contribution < 1.29 is 14.7 Å². The molecule has 2 bridgehead atoms. The van der Waals surface area contributed by atoms with E-state index in [4.69, 9.17) is 5.11 Å². The summed E-state index contributed by atoms with van der Waals surface area (Å²) in [6, 6.07) is 0.216. The van der Waals surface area contributed by atoms with E-state index in [1.54, 1.807) is 0 Å². The van der Waals surface area contributed by atoms with E-state index in [1.165, 1.54) is 19.3 Å². The second-order valence-corrected chi connectivity index (χ2v) is 7.32. The van der Waals surface area contributed by atoms with E-state index in [1.807, 2.05) is 0 Å². The lowest BCUT2D eigenvalue weighted by Crippen LogP contribution is -2.57. The highest BCUT2D eigenvalue weighted by molar-refractivity contribution is 5.77. The zero-order chi connectivity index (χ0) is 13.9. The van der Waals surface area contributed by atoms with Crippen LogP contribution in [0.3, 0.4) is 0 Å². The maximum absolute atomic E-state index is 12.1. The Kier molecular flexibility index (Phi) is 2.57. The van der Waals surface area contributed by atoms with Crippen LogP contribution in [0.15, 0.2) is 0 Å². The molecule has 0 aliphatic heterocycles. The fourth-order valence-corrected chi connectivity index (χ4v) is 5.19. The minimum absolute atomic E-state index is 0.0448. The summed E-state index contributed by atoms with van der Waals surface area (Å²) in [6.07, 6.45) is 6.68. The third kappa shape index (κ3) is 1.82. The van der Waals surface area contributed by atoms with Crippen molar-refractivity contribution in [3.8, 4) is 0 Å². The number of rotatable bonds is 4. The molecular weight excluding hydrogens is 256 g/mol. The molecule has 0 saturated heterocycles. The Morgan fingerprint density at radius 1 is 1.15 bits per heavy atom. The minimum atomic E-state index is -0.827. The van der Waals surface area contributed by atoms with Crippen LogP contribution < -0.4 is 10.6 Å². The summed E-state index contributed by atoms with van der Waals surface area (Å²) < 4.78 is 0. The van der Waals surface area contributed by atoms with Crippen LogP contribution in [-0.2, 0) is 4.79 Å². The predicted molar refractivity (Wildman–Crippen MR) is 72.1 cm³/mol. The number of hydrogen-bond donors (Lipinski definition) is 3. The van der Waals surface area contributed by atoms with Crippen LogP contribution in [0.1, 0.15) is 44.9 Å². The van der Waals surface area contributed by atoms with Crippen molar-refractivity contribution in [1.29, 1.82) is 0 Å². The standard InChI is InChI=1S/C15H22N2O3/c18-10(19)7-15(4-1-5-15)17-14(20)16-13-11-8-2-3-9(6-8)12(11)13/h8-9,11-13H,1-7H2,(H,18,19)(H2,16,17,20). The average Bonchev–Trinajstić information content (AvgIpc) is 2.75. The van der Waals surface area contributed by atoms with Gasteiger partial charge in [0, 0.05) is 6.04 Å². The number of carbonyl (C=O) groups is 2. The van der Waals surface area contributed by atoms with Gasteiger partial charge in [0.2, 0.25) is 0 Å². The molecule has 4 atom stereocenters. The number of carboxylic acid groups (broad SMARTS) is 1. The number of hydrogen-bond acceptors (Lipinski definition) is 2. The Hall–Kier alpha value is -1.26. The molecule has 4 aliphatic carbocycles. The fourth-order valence-electron chi connectivity index (χ4n) is 5.19. The van der Waals surface area contributed by atoms with Gasteiger partial charge in [0.1, 0.15) is 0 Å². The highest BCUT2D eigenvalue weighted by atomic mass is 16.4. The lowest BCUT2D eigenvalue weighted by Gasteiger charge is -2.41. The first kappa shape index (κ1) is 12.5. The van der Waals surface area contributed by atoms with Gasteiger partial charge in [-0.3, -0.25) is 4.79 Å². The number of amides is 2. The molecule has 110 valence electrons. The van der Waals surface area contributed by atoms with Gasteiger partial charge in [0.15, 0.2) is 0 Å². The number of carboxylic acids is 1. The van der Waals surface area contributed by atoms with Crippen molar-refractivity contribution in [3.63, 3.8) is 0 Å². The Morgan fingerprint density at radius 3 is 2.30 bits per heavy atom. The molecule has 0 radical (unpaired) electrons. The maximum atomic E-state index is 12.1. The molecule has 2 amide bonds. The van der Waals surface area contributed by atoms with E-state index >= 15 is 0 Å². The van der Waals surface area contributed by atoms with E-state index in [0.717, 1.165) is 42.9 Å². The lowest BCUT2D eigenvalue weighted by molar-refractivity contribution is -0.139. The van der Waals surface area contributed by atoms with Crippen molar-refractivity contribution >= 4 is 12.0 Å². The zero-order valence-corrected chi connectivity index (χ0v) is 11.6. The van der Waals surface area contributed by atoms with Crippen LogP contribution in [0.4, 0.5) is 4.79 Å². The smallest absolute Gasteiger partial charge is 0.315 e. The van der Waals surface area contributed by atoms with Gasteiger partial charge in [0.05, 0.1) is 12.0 Å². The van der Waals surface area contributed by atoms with Gasteiger partial charge < -0.3 is 15.7 Å². The van der Waals surface area contributed by atoms with Gasteiger partial charge in [-0.25, -0.2) is 4.79 Å². The number of carbonyl (C=O) groups excluding carboxylic acids is 1. The highest BCUT2D eigenvalue weighted by Crippen LogP contribution is 2.65. The molecule has 4 aliphatic rings. The number of urea groups is 1. The third-order valence-corrected chi connectivity index (χ3v) is 6.21. The zero-order valence-electron chi connectivity index (χ0n) is 11.6. The van der Waals surface area contributed by atoms with E-state index < -0.39 is 11.5 Å². The second kappa shape index (κ2) is 4.12. The summed E-state index contributed by atoms with van der Waals surface area (Å²) in [5.41, 5.74) is -0.487. The van der Waals surface area contributed by atoms with E-state index in [9.17, 15) is 9.59 Å². The normalized spacial score (nSPS) is 42.5. The van der Waals surface area contributed by atoms with E-state index in [-0.39, 0.29) is 12.5 Å². The van der Waals surface area contributed by atoms with E-state index in [2.05, 4.69) is 10.6 Å². The van der Waals surface area contributed by atoms with Gasteiger partial charge in [0.25, 0.3) is 0 Å². The first-order chi connectivity index (χ1) is 9.58. The summed E-state index contributed by atoms with van der Waals surface area (Å²) in [5.74, 6) is 2.29. The summed E-state index contributed by atoms with van der Waals surface area (Å²) in [5, 5.41) is 15.0. The summed E-state index contributed by atoms with van der Waals surface area (Å²) in [4.78, 5) is 23.0. The molecule has 4 unspecified atom stereocenters. The number of aliphatic carboxylic acids is 1. The van der Waals surface area contributed by atoms with Crippen LogP contribution in [-0.4, -0.2) is 28.7 Å². The van der Waals surface area contributed by atoms with E-state index in [0.29, 0.717) is 6.04 Å². The van der Waals surface area contributed by atoms with Crippen LogP contribution in [0, 0.1) is 23.7 Å². The van der Waals surface area contributed by atoms with Crippen molar-refractivity contribution in [2.75, 3.05) is 0 Å². The van der Waals surface area contributed by atoms with Crippen molar-refractivity contribution in [2.45, 2.75) is 56.5 Å². The molecule has 0 spiro atoms. The highest BCUT2D eigenvalue weighted by Gasteiger charge is 2.65. The molecule has 5 nitrogen and oxygen atoms in total. The van der Waals surface area contributed by atoms with Crippen LogP contribution in [0.2, 0.25) is 0 Å². The molecule has 20 heavy (non-hydrogen) atoms. The summed E-state index contributed by atoms with van der Waals surface area (Å²) >= 11 is 0. The SMILES string of the molecule is O=C(O)CC1(NC(=O)NC2C3C4CCC(C4)C23)CCC1. The average molecular weight is 278 g/mol. The molecule has 4 saturated carbocycles. The molecule has 3 N–H and O–H groups in total. The topological polar surface area (TPSA) is 78.4 Å². The first-order valence-corrected chi connectivity index (χ1v) is 7.88. The Morgan fingerprint density at radius 2 is 1.80 bits per heavy atom. The molecule has 0 aromatic carbocycles. The quantitative estimate of drug-likeness (QED) is 0.732. The Balaban J connectivity index is 1.32. The molecule has 0 aromatic heterocycles. The van der Waals surface area contributed by atoms with Gasteiger partial charge in [-0.15, -0.1) is 0 Å². The van der Waals surface area contributed by atoms with Crippen molar-refractivity contribution in [1.82, 2.24) is 10.6 Å². The lowest BCUT2D eigenvalue weighted by atomic mass is 9.74. The van der Waals surface area contributed by atoms with Gasteiger partial charge in [-0.1, -0.05) is 0 Å². The second-order valence-electron chi connectivity index (χ2n) is 7.32. The van der Waals surface area contributed by atoms with Crippen LogP contribution in [0.25, 0.3) is 0 Å². The Labute approximate surface area is 118 Å². The molecule has 0 aromatic rings. The largest absolute Gasteiger partial charge is 0.481 e. The fraction of sp³-hybridized carbons (Fsp3) is 0.867. The molecule has 4 rings (SSSR count). The molecule has 0 heterocycles. The van der Waals surface area contributed by atoms with Gasteiger partial charge >= 0.3 is 12.0 Å². The molecule has 4 fully saturated rings. The summed E-state index contributed by atoms with van der Waals surface area (Å²) in [6.45, 7) is 0. The van der Waals surface area contributed by atoms with Gasteiger partial charge in [-0.05, 0) is 62.2 Å². The van der Waals surface area contributed by atoms with Gasteiger partial charge in [-0.2, -0.15) is 0 Å². The summed E-state index contributed by atoms with van der Waals surface area (Å²) in [7, 11) is 0. The molecular formula is C15H22N2O3. The number of nitrogens with one attached hydrogen (secondary N) is 2. The van der Waals surface area contributed by atoms with Crippen molar-refractivity contribution in [2.24, 2.45) is 23.7 Å². The maximum Gasteiger partial charge on any atom is 0.315 e. The van der Waals surface area contributed by atoms with Crippen molar-refractivity contribution in [3.05, 3.63) is 0 Å². The molecule has 5 heteroatoms. The van der Waals surface area contributed by atoms with Crippen LogP contribution in [0.5, 0.6) is 0 Å². The van der Waals surface area contributed by atoms with Crippen LogP contribution >= 0.6 is 0 Å².